The van der Waals surface area contributed by atoms with E-state index in [1.165, 1.54) is 19.3 Å². The Morgan fingerprint density at radius 3 is 2.67 bits per heavy atom. The monoisotopic (exact) mass is 254 g/mol. The van der Waals surface area contributed by atoms with Gasteiger partial charge < -0.3 is 15.7 Å². The van der Waals surface area contributed by atoms with E-state index in [4.69, 9.17) is 5.73 Å². The van der Waals surface area contributed by atoms with Crippen LogP contribution in [-0.4, -0.2) is 42.3 Å². The van der Waals surface area contributed by atoms with Crippen LogP contribution in [-0.2, 0) is 0 Å². The van der Waals surface area contributed by atoms with E-state index in [1.807, 2.05) is 0 Å². The molecule has 1 heterocycles. The van der Waals surface area contributed by atoms with Gasteiger partial charge in [-0.2, -0.15) is 0 Å². The maximum atomic E-state index is 9.21. The van der Waals surface area contributed by atoms with Crippen LogP contribution in [0.15, 0.2) is 0 Å². The first kappa shape index (κ1) is 14.3. The molecule has 1 aliphatic heterocycles. The van der Waals surface area contributed by atoms with Crippen LogP contribution in [0.1, 0.15) is 39.5 Å². The Morgan fingerprint density at radius 2 is 2.06 bits per heavy atom. The van der Waals surface area contributed by atoms with Crippen molar-refractivity contribution in [2.75, 3.05) is 26.2 Å². The number of hydrogen-bond acceptors (Lipinski definition) is 3. The highest BCUT2D eigenvalue weighted by Gasteiger charge is 2.32. The van der Waals surface area contributed by atoms with Crippen molar-refractivity contribution in [2.24, 2.45) is 29.4 Å². The van der Waals surface area contributed by atoms with Crippen LogP contribution < -0.4 is 5.73 Å². The van der Waals surface area contributed by atoms with Gasteiger partial charge in [0.2, 0.25) is 0 Å². The summed E-state index contributed by atoms with van der Waals surface area (Å²) in [6.07, 6.45) is 4.98. The molecule has 3 nitrogen and oxygen atoms in total. The second-order valence-corrected chi connectivity index (χ2v) is 6.84. The minimum atomic E-state index is 0.349. The van der Waals surface area contributed by atoms with E-state index in [1.54, 1.807) is 0 Å². The maximum Gasteiger partial charge on any atom is 0.0471 e. The summed E-state index contributed by atoms with van der Waals surface area (Å²) < 4.78 is 0. The van der Waals surface area contributed by atoms with Gasteiger partial charge in [0.25, 0.3) is 0 Å². The molecule has 1 saturated heterocycles. The fraction of sp³-hybridized carbons (Fsp3) is 1.00. The van der Waals surface area contributed by atoms with E-state index in [0.717, 1.165) is 37.9 Å². The van der Waals surface area contributed by atoms with Crippen molar-refractivity contribution in [3.63, 3.8) is 0 Å². The molecule has 0 bridgehead atoms. The molecule has 2 fully saturated rings. The Kier molecular flexibility index (Phi) is 5.05. The molecule has 18 heavy (non-hydrogen) atoms. The molecule has 1 saturated carbocycles. The van der Waals surface area contributed by atoms with Crippen molar-refractivity contribution >= 4 is 0 Å². The van der Waals surface area contributed by atoms with E-state index in [9.17, 15) is 5.11 Å². The van der Waals surface area contributed by atoms with E-state index < -0.39 is 0 Å². The van der Waals surface area contributed by atoms with Gasteiger partial charge in [0, 0.05) is 25.7 Å². The molecule has 0 amide bonds. The van der Waals surface area contributed by atoms with Crippen LogP contribution in [0.25, 0.3) is 0 Å². The number of aliphatic hydroxyl groups is 1. The summed E-state index contributed by atoms with van der Waals surface area (Å²) in [7, 11) is 0. The number of hydrogen-bond donors (Lipinski definition) is 2. The molecule has 2 aliphatic rings. The van der Waals surface area contributed by atoms with Crippen molar-refractivity contribution in [2.45, 2.75) is 45.6 Å². The molecule has 0 aromatic rings. The molecule has 4 unspecified atom stereocenters. The normalized spacial score (nSPS) is 38.5. The zero-order valence-electron chi connectivity index (χ0n) is 12.0. The Hall–Kier alpha value is -0.120. The highest BCUT2D eigenvalue weighted by molar-refractivity contribution is 4.87. The first-order valence-electron chi connectivity index (χ1n) is 7.69. The quantitative estimate of drug-likeness (QED) is 0.803. The summed E-state index contributed by atoms with van der Waals surface area (Å²) >= 11 is 0. The second kappa shape index (κ2) is 6.36. The van der Waals surface area contributed by atoms with Crippen molar-refractivity contribution in [1.29, 1.82) is 0 Å². The van der Waals surface area contributed by atoms with Gasteiger partial charge in [-0.05, 0) is 55.9 Å². The third kappa shape index (κ3) is 3.46. The first-order chi connectivity index (χ1) is 8.60. The molecule has 1 aliphatic carbocycles. The van der Waals surface area contributed by atoms with Crippen molar-refractivity contribution in [1.82, 2.24) is 4.90 Å². The lowest BCUT2D eigenvalue weighted by atomic mass is 9.74. The van der Waals surface area contributed by atoms with Crippen LogP contribution in [0.3, 0.4) is 0 Å². The molecule has 4 atom stereocenters. The minimum absolute atomic E-state index is 0.349. The number of nitrogens with two attached hydrogens (primary N) is 1. The molecule has 106 valence electrons. The summed E-state index contributed by atoms with van der Waals surface area (Å²) in [5.41, 5.74) is 6.31. The average Bonchev–Trinajstić information content (AvgIpc) is 2.79. The molecule has 0 spiro atoms. The lowest BCUT2D eigenvalue weighted by molar-refractivity contribution is 0.143. The van der Waals surface area contributed by atoms with Gasteiger partial charge in [-0.25, -0.2) is 0 Å². The smallest absolute Gasteiger partial charge is 0.0471 e. The van der Waals surface area contributed by atoms with Crippen molar-refractivity contribution in [3.05, 3.63) is 0 Å². The third-order valence-electron chi connectivity index (χ3n) is 5.15. The summed E-state index contributed by atoms with van der Waals surface area (Å²) in [6, 6.07) is 0.396. The molecule has 2 rings (SSSR count). The first-order valence-corrected chi connectivity index (χ1v) is 7.69. The predicted octanol–water partition coefficient (Wildman–Crippen LogP) is 1.70. The standard InChI is InChI=1S/C15H30N2O/c1-11(2)13-3-4-15(16)14(7-13)9-17-6-5-12(8-17)10-18/h11-15,18H,3-10,16H2,1-2H3. The van der Waals surface area contributed by atoms with Gasteiger partial charge in [0.1, 0.15) is 0 Å². The van der Waals surface area contributed by atoms with E-state index >= 15 is 0 Å². The fourth-order valence-corrected chi connectivity index (χ4v) is 3.70. The van der Waals surface area contributed by atoms with Gasteiger partial charge in [0.15, 0.2) is 0 Å². The third-order valence-corrected chi connectivity index (χ3v) is 5.15. The van der Waals surface area contributed by atoms with Gasteiger partial charge in [-0.3, -0.25) is 0 Å². The Bertz CT molecular complexity index is 257. The molecule has 0 aromatic carbocycles. The highest BCUT2D eigenvalue weighted by Crippen LogP contribution is 2.34. The Morgan fingerprint density at radius 1 is 1.28 bits per heavy atom. The average molecular weight is 254 g/mol. The van der Waals surface area contributed by atoms with Crippen LogP contribution in [0.2, 0.25) is 0 Å². The molecular formula is C15H30N2O. The lowest BCUT2D eigenvalue weighted by Gasteiger charge is -2.38. The molecule has 3 heteroatoms. The number of rotatable bonds is 4. The van der Waals surface area contributed by atoms with Crippen molar-refractivity contribution < 1.29 is 5.11 Å². The van der Waals surface area contributed by atoms with Crippen LogP contribution >= 0.6 is 0 Å². The minimum Gasteiger partial charge on any atom is -0.396 e. The van der Waals surface area contributed by atoms with Gasteiger partial charge in [-0.15, -0.1) is 0 Å². The van der Waals surface area contributed by atoms with Crippen LogP contribution in [0, 0.1) is 23.7 Å². The molecule has 0 aromatic heterocycles. The van der Waals surface area contributed by atoms with Crippen LogP contribution in [0.5, 0.6) is 0 Å². The Labute approximate surface area is 112 Å². The fourth-order valence-electron chi connectivity index (χ4n) is 3.70. The van der Waals surface area contributed by atoms with E-state index in [2.05, 4.69) is 18.7 Å². The topological polar surface area (TPSA) is 49.5 Å². The summed E-state index contributed by atoms with van der Waals surface area (Å²) in [4.78, 5) is 2.52. The molecular weight excluding hydrogens is 224 g/mol. The number of likely N-dealkylation sites (tertiary alicyclic amines) is 1. The Balaban J connectivity index is 1.83. The van der Waals surface area contributed by atoms with Gasteiger partial charge >= 0.3 is 0 Å². The molecule has 3 N–H and O–H groups in total. The largest absolute Gasteiger partial charge is 0.396 e. The summed E-state index contributed by atoms with van der Waals surface area (Å²) in [5, 5.41) is 9.21. The number of nitrogens with zero attached hydrogens (tertiary/aromatic N) is 1. The number of aliphatic hydroxyl groups excluding tert-OH is 1. The van der Waals surface area contributed by atoms with Crippen molar-refractivity contribution in [3.8, 4) is 0 Å². The van der Waals surface area contributed by atoms with Gasteiger partial charge in [0.05, 0.1) is 0 Å². The lowest BCUT2D eigenvalue weighted by Crippen LogP contribution is -2.43. The second-order valence-electron chi connectivity index (χ2n) is 6.84. The predicted molar refractivity (Wildman–Crippen MR) is 75.3 cm³/mol. The van der Waals surface area contributed by atoms with E-state index in [-0.39, 0.29) is 0 Å². The summed E-state index contributed by atoms with van der Waals surface area (Å²) in [6.45, 7) is 8.42. The van der Waals surface area contributed by atoms with Gasteiger partial charge in [-0.1, -0.05) is 13.8 Å². The maximum absolute atomic E-state index is 9.21. The summed E-state index contributed by atoms with van der Waals surface area (Å²) in [5.74, 6) is 2.84. The SMILES string of the molecule is CC(C)C1CCC(N)C(CN2CCC(CO)C2)C1. The zero-order chi connectivity index (χ0) is 13.1. The molecule has 0 radical (unpaired) electrons. The zero-order valence-corrected chi connectivity index (χ0v) is 12.0. The highest BCUT2D eigenvalue weighted by atomic mass is 16.3. The van der Waals surface area contributed by atoms with E-state index in [0.29, 0.717) is 24.5 Å². The van der Waals surface area contributed by atoms with Crippen LogP contribution in [0.4, 0.5) is 0 Å².